The first-order chi connectivity index (χ1) is 14.0. The second-order valence-corrected chi connectivity index (χ2v) is 8.89. The van der Waals surface area contributed by atoms with Gasteiger partial charge in [0.25, 0.3) is 5.91 Å². The summed E-state index contributed by atoms with van der Waals surface area (Å²) in [5, 5.41) is 0. The average molecular weight is 389 g/mol. The molecule has 29 heavy (non-hydrogen) atoms. The molecule has 0 aromatic heterocycles. The number of carbonyl (C=O) groups is 2. The van der Waals surface area contributed by atoms with Gasteiger partial charge in [-0.25, -0.2) is 0 Å². The lowest BCUT2D eigenvalue weighted by Gasteiger charge is -2.59. The van der Waals surface area contributed by atoms with E-state index in [2.05, 4.69) is 29.2 Å². The van der Waals surface area contributed by atoms with Gasteiger partial charge in [-0.3, -0.25) is 14.5 Å². The van der Waals surface area contributed by atoms with Crippen molar-refractivity contribution < 1.29 is 9.59 Å². The smallest absolute Gasteiger partial charge is 0.250 e. The molecule has 3 aliphatic heterocycles. The van der Waals surface area contributed by atoms with E-state index in [4.69, 9.17) is 0 Å². The number of hydrogen-bond acceptors (Lipinski definition) is 3. The van der Waals surface area contributed by atoms with Gasteiger partial charge >= 0.3 is 0 Å². The Balaban J connectivity index is 1.28. The standard InChI is InChI=1S/C24H27N3O2/c1-19(28)27-23(16-25(17-23)14-20-8-4-2-5-9-20)12-13-24(27)18-26(22(24)29)15-21-10-6-3-7-11-21/h2-11H,12-18H2,1H3. The van der Waals surface area contributed by atoms with Gasteiger partial charge in [-0.15, -0.1) is 0 Å². The van der Waals surface area contributed by atoms with Gasteiger partial charge in [-0.05, 0) is 24.0 Å². The van der Waals surface area contributed by atoms with Crippen LogP contribution in [0.3, 0.4) is 0 Å². The van der Waals surface area contributed by atoms with Crippen LogP contribution in [0, 0.1) is 0 Å². The topological polar surface area (TPSA) is 43.9 Å². The zero-order valence-corrected chi connectivity index (χ0v) is 16.9. The Bertz CT molecular complexity index is 924. The molecule has 5 heteroatoms. The van der Waals surface area contributed by atoms with E-state index in [1.165, 1.54) is 5.56 Å². The van der Waals surface area contributed by atoms with Crippen molar-refractivity contribution in [3.8, 4) is 0 Å². The van der Waals surface area contributed by atoms with E-state index in [-0.39, 0.29) is 17.4 Å². The van der Waals surface area contributed by atoms with Crippen molar-refractivity contribution in [3.63, 3.8) is 0 Å². The van der Waals surface area contributed by atoms with Crippen molar-refractivity contribution in [1.82, 2.24) is 14.7 Å². The summed E-state index contributed by atoms with van der Waals surface area (Å²) in [6, 6.07) is 20.5. The van der Waals surface area contributed by atoms with Crippen molar-refractivity contribution in [3.05, 3.63) is 71.8 Å². The molecule has 1 atom stereocenters. The maximum atomic E-state index is 13.2. The van der Waals surface area contributed by atoms with Crippen molar-refractivity contribution in [1.29, 1.82) is 0 Å². The Morgan fingerprint density at radius 3 is 2.00 bits per heavy atom. The minimum absolute atomic E-state index is 0.0366. The molecule has 5 nitrogen and oxygen atoms in total. The number of likely N-dealkylation sites (tertiary alicyclic amines) is 3. The zero-order valence-electron chi connectivity index (χ0n) is 16.9. The van der Waals surface area contributed by atoms with Gasteiger partial charge in [-0.2, -0.15) is 0 Å². The van der Waals surface area contributed by atoms with Crippen molar-refractivity contribution in [2.75, 3.05) is 19.6 Å². The van der Waals surface area contributed by atoms with E-state index in [0.29, 0.717) is 13.1 Å². The van der Waals surface area contributed by atoms with E-state index in [9.17, 15) is 9.59 Å². The molecule has 5 rings (SSSR count). The molecule has 0 bridgehead atoms. The summed E-state index contributed by atoms with van der Waals surface area (Å²) < 4.78 is 0. The highest BCUT2D eigenvalue weighted by molar-refractivity contribution is 5.97. The van der Waals surface area contributed by atoms with Crippen LogP contribution in [0.4, 0.5) is 0 Å². The van der Waals surface area contributed by atoms with Crippen LogP contribution in [0.25, 0.3) is 0 Å². The molecule has 3 fully saturated rings. The second kappa shape index (κ2) is 6.70. The molecule has 0 N–H and O–H groups in total. The predicted octanol–water partition coefficient (Wildman–Crippen LogP) is 2.66. The first-order valence-electron chi connectivity index (χ1n) is 10.4. The first kappa shape index (κ1) is 18.4. The normalized spacial score (nSPS) is 25.3. The third-order valence-electron chi connectivity index (χ3n) is 6.86. The van der Waals surface area contributed by atoms with Gasteiger partial charge in [0.15, 0.2) is 0 Å². The molecule has 2 aromatic rings. The Labute approximate surface area is 171 Å². The summed E-state index contributed by atoms with van der Waals surface area (Å²) >= 11 is 0. The molecule has 2 amide bonds. The Hall–Kier alpha value is -2.66. The average Bonchev–Trinajstić information content (AvgIpc) is 3.07. The number of rotatable bonds is 4. The monoisotopic (exact) mass is 389 g/mol. The van der Waals surface area contributed by atoms with Gasteiger partial charge < -0.3 is 9.80 Å². The third-order valence-corrected chi connectivity index (χ3v) is 6.86. The fourth-order valence-electron chi connectivity index (χ4n) is 5.73. The first-order valence-corrected chi connectivity index (χ1v) is 10.4. The van der Waals surface area contributed by atoms with E-state index in [0.717, 1.165) is 38.0 Å². The van der Waals surface area contributed by atoms with Gasteiger partial charge in [0.1, 0.15) is 5.54 Å². The second-order valence-electron chi connectivity index (χ2n) is 8.89. The van der Waals surface area contributed by atoms with Crippen LogP contribution >= 0.6 is 0 Å². The predicted molar refractivity (Wildman–Crippen MR) is 111 cm³/mol. The van der Waals surface area contributed by atoms with E-state index < -0.39 is 5.54 Å². The van der Waals surface area contributed by atoms with Crippen LogP contribution in [-0.2, 0) is 22.7 Å². The molecular weight excluding hydrogens is 362 g/mol. The molecule has 1 unspecified atom stereocenters. The lowest BCUT2D eigenvalue weighted by atomic mass is 9.85. The highest BCUT2D eigenvalue weighted by atomic mass is 16.2. The van der Waals surface area contributed by atoms with Crippen LogP contribution < -0.4 is 0 Å². The molecule has 3 saturated heterocycles. The quantitative estimate of drug-likeness (QED) is 0.755. The van der Waals surface area contributed by atoms with Crippen LogP contribution in [0.2, 0.25) is 0 Å². The molecule has 150 valence electrons. The van der Waals surface area contributed by atoms with E-state index in [1.54, 1.807) is 6.92 Å². The minimum Gasteiger partial charge on any atom is -0.333 e. The number of β-lactam (4-membered cyclic amide) rings is 1. The van der Waals surface area contributed by atoms with Gasteiger partial charge in [-0.1, -0.05) is 60.7 Å². The maximum Gasteiger partial charge on any atom is 0.250 e. The van der Waals surface area contributed by atoms with Crippen molar-refractivity contribution in [2.24, 2.45) is 0 Å². The van der Waals surface area contributed by atoms with Crippen LogP contribution in [0.1, 0.15) is 30.9 Å². The number of nitrogens with zero attached hydrogens (tertiary/aromatic N) is 3. The number of hydrogen-bond donors (Lipinski definition) is 0. The summed E-state index contributed by atoms with van der Waals surface area (Å²) in [5.74, 6) is 0.157. The highest BCUT2D eigenvalue weighted by Crippen LogP contribution is 2.51. The number of carbonyl (C=O) groups excluding carboxylic acids is 2. The Morgan fingerprint density at radius 2 is 1.45 bits per heavy atom. The largest absolute Gasteiger partial charge is 0.333 e. The third kappa shape index (κ3) is 2.87. The van der Waals surface area contributed by atoms with Crippen LogP contribution in [0.15, 0.2) is 60.7 Å². The zero-order chi connectivity index (χ0) is 20.1. The SMILES string of the molecule is CC(=O)N1C2(CCC13CN(Cc1ccccc1)C3=O)CN(Cc1ccccc1)C2. The number of amides is 2. The molecule has 2 aromatic carbocycles. The summed E-state index contributed by atoms with van der Waals surface area (Å²) in [4.78, 5) is 32.1. The van der Waals surface area contributed by atoms with Gasteiger partial charge in [0.05, 0.1) is 12.1 Å². The molecule has 3 aliphatic rings. The molecule has 0 radical (unpaired) electrons. The van der Waals surface area contributed by atoms with Gasteiger partial charge in [0.2, 0.25) is 5.91 Å². The molecule has 0 aliphatic carbocycles. The molecule has 3 heterocycles. The Morgan fingerprint density at radius 1 is 0.862 bits per heavy atom. The maximum absolute atomic E-state index is 13.2. The summed E-state index contributed by atoms with van der Waals surface area (Å²) in [7, 11) is 0. The minimum atomic E-state index is -0.612. The fourth-order valence-corrected chi connectivity index (χ4v) is 5.73. The lowest BCUT2D eigenvalue weighted by molar-refractivity contribution is -0.180. The lowest BCUT2D eigenvalue weighted by Crippen LogP contribution is -2.79. The highest BCUT2D eigenvalue weighted by Gasteiger charge is 2.68. The summed E-state index contributed by atoms with van der Waals surface area (Å²) in [5.41, 5.74) is 1.64. The van der Waals surface area contributed by atoms with Crippen LogP contribution in [-0.4, -0.2) is 57.2 Å². The van der Waals surface area contributed by atoms with E-state index in [1.807, 2.05) is 46.2 Å². The number of benzene rings is 2. The Kier molecular flexibility index (Phi) is 4.24. The molecular formula is C24H27N3O2. The molecule has 2 spiro atoms. The van der Waals surface area contributed by atoms with Gasteiger partial charge in [0, 0.05) is 33.1 Å². The van der Waals surface area contributed by atoms with E-state index >= 15 is 0 Å². The fraction of sp³-hybridized carbons (Fsp3) is 0.417. The van der Waals surface area contributed by atoms with Crippen molar-refractivity contribution in [2.45, 2.75) is 43.9 Å². The van der Waals surface area contributed by atoms with Crippen molar-refractivity contribution >= 4 is 11.8 Å². The summed E-state index contributed by atoms with van der Waals surface area (Å²) in [6.45, 7) is 5.52. The van der Waals surface area contributed by atoms with Crippen LogP contribution in [0.5, 0.6) is 0 Å². The summed E-state index contributed by atoms with van der Waals surface area (Å²) in [6.07, 6.45) is 1.71. The molecule has 0 saturated carbocycles.